The van der Waals surface area contributed by atoms with E-state index >= 15 is 0 Å². The Morgan fingerprint density at radius 2 is 1.96 bits per heavy atom. The molecule has 4 heteroatoms. The van der Waals surface area contributed by atoms with Gasteiger partial charge in [-0.15, -0.1) is 6.42 Å². The number of carbonyl (C=O) groups is 1. The number of nitrogens with zero attached hydrogens (tertiary/aromatic N) is 1. The summed E-state index contributed by atoms with van der Waals surface area (Å²) >= 11 is 0. The van der Waals surface area contributed by atoms with Gasteiger partial charge in [-0.05, 0) is 49.2 Å². The highest BCUT2D eigenvalue weighted by atomic mass is 16.5. The Balaban J connectivity index is 2.15. The maximum Gasteiger partial charge on any atom is 0.266 e. The van der Waals surface area contributed by atoms with E-state index in [2.05, 4.69) is 11.2 Å². The lowest BCUT2D eigenvalue weighted by Crippen LogP contribution is -2.14. The Kier molecular flexibility index (Phi) is 5.98. The molecule has 0 saturated heterocycles. The van der Waals surface area contributed by atoms with Crippen LogP contribution in [0.15, 0.2) is 48.0 Å². The van der Waals surface area contributed by atoms with Crippen molar-refractivity contribution in [2.24, 2.45) is 0 Å². The predicted molar refractivity (Wildman–Crippen MR) is 98.9 cm³/mol. The normalized spacial score (nSPS) is 10.5. The highest BCUT2D eigenvalue weighted by Gasteiger charge is 2.11. The van der Waals surface area contributed by atoms with Crippen molar-refractivity contribution in [2.75, 3.05) is 11.9 Å². The molecule has 0 radical (unpaired) electrons. The molecule has 0 aliphatic rings. The van der Waals surface area contributed by atoms with Gasteiger partial charge in [0.2, 0.25) is 0 Å². The third-order valence-corrected chi connectivity index (χ3v) is 3.51. The number of anilines is 1. The Morgan fingerprint density at radius 3 is 2.56 bits per heavy atom. The maximum absolute atomic E-state index is 12.3. The number of ether oxygens (including phenoxy) is 1. The van der Waals surface area contributed by atoms with Gasteiger partial charge in [-0.3, -0.25) is 4.79 Å². The van der Waals surface area contributed by atoms with Gasteiger partial charge in [0.1, 0.15) is 24.0 Å². The van der Waals surface area contributed by atoms with Crippen LogP contribution in [0, 0.1) is 37.5 Å². The van der Waals surface area contributed by atoms with Crippen LogP contribution < -0.4 is 10.1 Å². The van der Waals surface area contributed by atoms with E-state index in [1.54, 1.807) is 24.3 Å². The molecule has 0 fully saturated rings. The van der Waals surface area contributed by atoms with E-state index in [4.69, 9.17) is 11.2 Å². The van der Waals surface area contributed by atoms with Crippen LogP contribution in [-0.2, 0) is 4.79 Å². The second-order valence-corrected chi connectivity index (χ2v) is 5.50. The first-order valence-electron chi connectivity index (χ1n) is 7.70. The smallest absolute Gasteiger partial charge is 0.266 e. The lowest BCUT2D eigenvalue weighted by Gasteiger charge is -2.08. The van der Waals surface area contributed by atoms with E-state index in [1.165, 1.54) is 6.08 Å². The molecule has 2 aromatic rings. The van der Waals surface area contributed by atoms with Crippen LogP contribution in [0.3, 0.4) is 0 Å². The van der Waals surface area contributed by atoms with Crippen LogP contribution in [0.4, 0.5) is 5.69 Å². The minimum Gasteiger partial charge on any atom is -0.481 e. The van der Waals surface area contributed by atoms with Crippen molar-refractivity contribution < 1.29 is 9.53 Å². The topological polar surface area (TPSA) is 62.1 Å². The zero-order valence-corrected chi connectivity index (χ0v) is 14.2. The number of hydrogen-bond donors (Lipinski definition) is 1. The van der Waals surface area contributed by atoms with Gasteiger partial charge >= 0.3 is 0 Å². The molecule has 1 amide bonds. The summed E-state index contributed by atoms with van der Waals surface area (Å²) < 4.78 is 5.29. The molecular formula is C21H18N2O2. The summed E-state index contributed by atoms with van der Waals surface area (Å²) in [6.45, 7) is 4.08. The first-order valence-corrected chi connectivity index (χ1v) is 7.70. The van der Waals surface area contributed by atoms with Gasteiger partial charge in [-0.25, -0.2) is 0 Å². The number of carbonyl (C=O) groups excluding carboxylic acids is 1. The Morgan fingerprint density at radius 1 is 1.24 bits per heavy atom. The summed E-state index contributed by atoms with van der Waals surface area (Å²) in [5.74, 6) is 2.58. The summed E-state index contributed by atoms with van der Waals surface area (Å²) in [5, 5.41) is 12.1. The standard InChI is InChI=1S/C21H18N2O2/c1-4-11-25-19-8-6-17(7-9-19)13-18(14-22)21(24)23-20-10-5-15(2)12-16(20)3/h1,5-10,12-13H,11H2,2-3H3,(H,23,24)/b18-13+. The largest absolute Gasteiger partial charge is 0.481 e. The monoisotopic (exact) mass is 330 g/mol. The second-order valence-electron chi connectivity index (χ2n) is 5.50. The van der Waals surface area contributed by atoms with Gasteiger partial charge in [0.05, 0.1) is 0 Å². The summed E-state index contributed by atoms with van der Waals surface area (Å²) in [6.07, 6.45) is 6.67. The number of amides is 1. The number of rotatable bonds is 5. The predicted octanol–water partition coefficient (Wildman–Crippen LogP) is 3.86. The van der Waals surface area contributed by atoms with E-state index in [1.807, 2.05) is 38.1 Å². The Hall–Kier alpha value is -3.50. The van der Waals surface area contributed by atoms with Crippen molar-refractivity contribution in [3.05, 3.63) is 64.7 Å². The van der Waals surface area contributed by atoms with Crippen LogP contribution in [0.5, 0.6) is 5.75 Å². The molecule has 0 saturated carbocycles. The minimum absolute atomic E-state index is 0.0252. The number of terminal acetylenes is 1. The maximum atomic E-state index is 12.3. The lowest BCUT2D eigenvalue weighted by atomic mass is 10.1. The molecular weight excluding hydrogens is 312 g/mol. The molecule has 0 spiro atoms. The van der Waals surface area contributed by atoms with Gasteiger partial charge in [0, 0.05) is 5.69 Å². The molecule has 0 aliphatic carbocycles. The van der Waals surface area contributed by atoms with Crippen LogP contribution in [-0.4, -0.2) is 12.5 Å². The highest BCUT2D eigenvalue weighted by Crippen LogP contribution is 2.18. The molecule has 4 nitrogen and oxygen atoms in total. The van der Waals surface area contributed by atoms with E-state index in [-0.39, 0.29) is 12.2 Å². The Bertz CT molecular complexity index is 882. The van der Waals surface area contributed by atoms with Crippen LogP contribution in [0.1, 0.15) is 16.7 Å². The Labute approximate surface area is 147 Å². The van der Waals surface area contributed by atoms with E-state index in [0.717, 1.165) is 16.7 Å². The molecule has 124 valence electrons. The number of nitrogens with one attached hydrogen (secondary N) is 1. The van der Waals surface area contributed by atoms with E-state index in [0.29, 0.717) is 11.4 Å². The number of hydrogen-bond acceptors (Lipinski definition) is 3. The summed E-state index contributed by atoms with van der Waals surface area (Å²) in [4.78, 5) is 12.3. The quantitative estimate of drug-likeness (QED) is 0.514. The third kappa shape index (κ3) is 4.99. The van der Waals surface area contributed by atoms with Gasteiger partial charge in [0.15, 0.2) is 0 Å². The van der Waals surface area contributed by atoms with Gasteiger partial charge in [-0.2, -0.15) is 5.26 Å². The number of benzene rings is 2. The average Bonchev–Trinajstić information content (AvgIpc) is 2.61. The van der Waals surface area contributed by atoms with Crippen molar-refractivity contribution in [3.63, 3.8) is 0 Å². The molecule has 0 atom stereocenters. The van der Waals surface area contributed by atoms with Crippen molar-refractivity contribution in [1.29, 1.82) is 5.26 Å². The molecule has 0 unspecified atom stereocenters. The van der Waals surface area contributed by atoms with Crippen LogP contribution in [0.2, 0.25) is 0 Å². The molecule has 0 aliphatic heterocycles. The fourth-order valence-corrected chi connectivity index (χ4v) is 2.24. The molecule has 2 rings (SSSR count). The second kappa shape index (κ2) is 8.38. The zero-order chi connectivity index (χ0) is 18.2. The van der Waals surface area contributed by atoms with Crippen molar-refractivity contribution >= 4 is 17.7 Å². The highest BCUT2D eigenvalue weighted by molar-refractivity contribution is 6.09. The van der Waals surface area contributed by atoms with Gasteiger partial charge < -0.3 is 10.1 Å². The summed E-state index contributed by atoms with van der Waals surface area (Å²) in [6, 6.07) is 14.6. The molecule has 0 heterocycles. The first kappa shape index (κ1) is 17.8. The lowest BCUT2D eigenvalue weighted by molar-refractivity contribution is -0.112. The molecule has 2 aromatic carbocycles. The molecule has 1 N–H and O–H groups in total. The summed E-state index contributed by atoms with van der Waals surface area (Å²) in [7, 11) is 0. The molecule has 25 heavy (non-hydrogen) atoms. The molecule has 0 aromatic heterocycles. The summed E-state index contributed by atoms with van der Waals surface area (Å²) in [5.41, 5.74) is 3.49. The van der Waals surface area contributed by atoms with E-state index in [9.17, 15) is 10.1 Å². The number of aryl methyl sites for hydroxylation is 2. The van der Waals surface area contributed by atoms with Crippen molar-refractivity contribution in [1.82, 2.24) is 0 Å². The zero-order valence-electron chi connectivity index (χ0n) is 14.2. The van der Waals surface area contributed by atoms with Gasteiger partial charge in [-0.1, -0.05) is 35.7 Å². The molecule has 0 bridgehead atoms. The van der Waals surface area contributed by atoms with Crippen molar-refractivity contribution in [2.45, 2.75) is 13.8 Å². The average molecular weight is 330 g/mol. The minimum atomic E-state index is -0.442. The fourth-order valence-electron chi connectivity index (χ4n) is 2.24. The third-order valence-electron chi connectivity index (χ3n) is 3.51. The first-order chi connectivity index (χ1) is 12.0. The van der Waals surface area contributed by atoms with Crippen LogP contribution >= 0.6 is 0 Å². The van der Waals surface area contributed by atoms with Crippen LogP contribution in [0.25, 0.3) is 6.08 Å². The van der Waals surface area contributed by atoms with E-state index < -0.39 is 5.91 Å². The van der Waals surface area contributed by atoms with Gasteiger partial charge in [0.25, 0.3) is 5.91 Å². The van der Waals surface area contributed by atoms with Crippen molar-refractivity contribution in [3.8, 4) is 24.2 Å². The fraction of sp³-hybridized carbons (Fsp3) is 0.143. The number of nitriles is 1. The SMILES string of the molecule is C#CCOc1ccc(/C=C(\C#N)C(=O)Nc2ccc(C)cc2C)cc1.